The van der Waals surface area contributed by atoms with E-state index in [0.29, 0.717) is 11.8 Å². The molecule has 7 heteroatoms. The molecule has 0 aromatic rings. The number of hydrogen-bond acceptors (Lipinski definition) is 4. The van der Waals surface area contributed by atoms with Gasteiger partial charge in [-0.3, -0.25) is 9.69 Å². The van der Waals surface area contributed by atoms with Crippen LogP contribution in [-0.2, 0) is 9.53 Å². The quantitative estimate of drug-likeness (QED) is 0.750. The second kappa shape index (κ2) is 9.42. The van der Waals surface area contributed by atoms with Gasteiger partial charge in [-0.1, -0.05) is 12.8 Å². The molecule has 4 fully saturated rings. The Bertz CT molecular complexity index is 468. The molecule has 1 saturated carbocycles. The molecule has 0 bridgehead atoms. The number of fused-ring (bicyclic) bond motifs is 1. The Morgan fingerprint density at radius 2 is 1.81 bits per heavy atom. The van der Waals surface area contributed by atoms with Crippen LogP contribution in [0.4, 0.5) is 0 Å². The first-order valence-electron chi connectivity index (χ1n) is 10.1. The van der Waals surface area contributed by atoms with E-state index in [1.54, 1.807) is 0 Å². The molecule has 152 valence electrons. The SMILES string of the molecule is Cl.Cl.O=C(NCC1(N2CCCC2)CCOCC1)[C@@]12CCCC[C@H]1CNC2. The Morgan fingerprint density at radius 3 is 2.54 bits per heavy atom. The highest BCUT2D eigenvalue weighted by atomic mass is 35.5. The first-order valence-corrected chi connectivity index (χ1v) is 10.1. The van der Waals surface area contributed by atoms with Gasteiger partial charge in [-0.2, -0.15) is 0 Å². The zero-order valence-corrected chi connectivity index (χ0v) is 17.4. The average molecular weight is 408 g/mol. The van der Waals surface area contributed by atoms with Gasteiger partial charge < -0.3 is 15.4 Å². The molecule has 1 aliphatic carbocycles. The lowest BCUT2D eigenvalue weighted by Crippen LogP contribution is -2.59. The Hall–Kier alpha value is -0.0700. The molecular formula is C19H35Cl2N3O2. The van der Waals surface area contributed by atoms with Crippen LogP contribution in [0, 0.1) is 11.3 Å². The summed E-state index contributed by atoms with van der Waals surface area (Å²) in [6, 6.07) is 0. The Morgan fingerprint density at radius 1 is 1.08 bits per heavy atom. The summed E-state index contributed by atoms with van der Waals surface area (Å²) in [6.07, 6.45) is 9.48. The molecule has 3 saturated heterocycles. The minimum absolute atomic E-state index is 0. The summed E-state index contributed by atoms with van der Waals surface area (Å²) in [5.74, 6) is 0.867. The molecule has 1 amide bonds. The lowest BCUT2D eigenvalue weighted by Gasteiger charge is -2.46. The molecule has 26 heavy (non-hydrogen) atoms. The number of likely N-dealkylation sites (tertiary alicyclic amines) is 1. The molecule has 3 aliphatic heterocycles. The summed E-state index contributed by atoms with van der Waals surface area (Å²) in [5, 5.41) is 6.92. The number of nitrogens with one attached hydrogen (secondary N) is 2. The van der Waals surface area contributed by atoms with E-state index in [1.807, 2.05) is 0 Å². The second-order valence-corrected chi connectivity index (χ2v) is 8.44. The van der Waals surface area contributed by atoms with Gasteiger partial charge in [0, 0.05) is 31.8 Å². The van der Waals surface area contributed by atoms with Crippen molar-refractivity contribution in [2.75, 3.05) is 45.9 Å². The second-order valence-electron chi connectivity index (χ2n) is 8.44. The largest absolute Gasteiger partial charge is 0.381 e. The molecule has 0 radical (unpaired) electrons. The van der Waals surface area contributed by atoms with Crippen LogP contribution in [0.25, 0.3) is 0 Å². The van der Waals surface area contributed by atoms with E-state index >= 15 is 0 Å². The number of halogens is 2. The molecule has 3 heterocycles. The average Bonchev–Trinajstić information content (AvgIpc) is 3.30. The maximum absolute atomic E-state index is 13.2. The summed E-state index contributed by atoms with van der Waals surface area (Å²) in [6.45, 7) is 6.76. The summed E-state index contributed by atoms with van der Waals surface area (Å²) in [5.41, 5.74) is 0.00681. The van der Waals surface area contributed by atoms with Crippen molar-refractivity contribution in [3.8, 4) is 0 Å². The van der Waals surface area contributed by atoms with Crippen LogP contribution in [0.1, 0.15) is 51.4 Å². The zero-order valence-electron chi connectivity index (χ0n) is 15.8. The van der Waals surface area contributed by atoms with Crippen LogP contribution in [0.3, 0.4) is 0 Å². The molecule has 2 atom stereocenters. The first kappa shape index (κ1) is 22.2. The molecule has 0 aromatic carbocycles. The number of nitrogens with zero attached hydrogens (tertiary/aromatic N) is 1. The minimum atomic E-state index is -0.129. The van der Waals surface area contributed by atoms with Crippen LogP contribution in [-0.4, -0.2) is 62.3 Å². The number of amides is 1. The third-order valence-corrected chi connectivity index (χ3v) is 7.27. The topological polar surface area (TPSA) is 53.6 Å². The third kappa shape index (κ3) is 4.02. The van der Waals surface area contributed by atoms with E-state index in [4.69, 9.17) is 4.74 Å². The van der Waals surface area contributed by atoms with Gasteiger partial charge in [-0.05, 0) is 64.1 Å². The molecule has 0 unspecified atom stereocenters. The van der Waals surface area contributed by atoms with Gasteiger partial charge in [0.15, 0.2) is 0 Å². The van der Waals surface area contributed by atoms with E-state index in [9.17, 15) is 4.79 Å². The van der Waals surface area contributed by atoms with E-state index in [1.165, 1.54) is 45.2 Å². The Balaban J connectivity index is 0.00000121. The number of carbonyl (C=O) groups excluding carboxylic acids is 1. The molecule has 0 spiro atoms. The van der Waals surface area contributed by atoms with Crippen LogP contribution in [0.5, 0.6) is 0 Å². The fourth-order valence-corrected chi connectivity index (χ4v) is 5.66. The standard InChI is InChI=1S/C19H33N3O2.2ClH/c23-17(19-6-2-1-5-16(19)13-20-15-19)21-14-18(7-11-24-12-8-18)22-9-3-4-10-22;;/h16,20H,1-15H2,(H,21,23);2*1H/t16-,19+;;/m0../s1. The van der Waals surface area contributed by atoms with Crippen molar-refractivity contribution < 1.29 is 9.53 Å². The highest BCUT2D eigenvalue weighted by Gasteiger charge is 2.50. The van der Waals surface area contributed by atoms with Gasteiger partial charge >= 0.3 is 0 Å². The number of rotatable bonds is 4. The van der Waals surface area contributed by atoms with E-state index < -0.39 is 0 Å². The Labute approximate surface area is 170 Å². The van der Waals surface area contributed by atoms with Crippen LogP contribution in [0.15, 0.2) is 0 Å². The summed E-state index contributed by atoms with van der Waals surface area (Å²) in [7, 11) is 0. The summed E-state index contributed by atoms with van der Waals surface area (Å²) < 4.78 is 5.63. The van der Waals surface area contributed by atoms with Gasteiger partial charge in [0.2, 0.25) is 5.91 Å². The fourth-order valence-electron chi connectivity index (χ4n) is 5.66. The monoisotopic (exact) mass is 407 g/mol. The molecule has 0 aromatic heterocycles. The highest BCUT2D eigenvalue weighted by Crippen LogP contribution is 2.44. The van der Waals surface area contributed by atoms with Crippen LogP contribution >= 0.6 is 24.8 Å². The van der Waals surface area contributed by atoms with E-state index in [-0.39, 0.29) is 35.8 Å². The van der Waals surface area contributed by atoms with Gasteiger partial charge in [0.05, 0.1) is 5.41 Å². The van der Waals surface area contributed by atoms with Crippen molar-refractivity contribution in [3.05, 3.63) is 0 Å². The zero-order chi connectivity index (χ0) is 16.5. The van der Waals surface area contributed by atoms with Gasteiger partial charge in [-0.25, -0.2) is 0 Å². The van der Waals surface area contributed by atoms with Crippen molar-refractivity contribution >= 4 is 30.7 Å². The smallest absolute Gasteiger partial charge is 0.227 e. The van der Waals surface area contributed by atoms with Crippen molar-refractivity contribution in [1.29, 1.82) is 0 Å². The maximum atomic E-state index is 13.2. The van der Waals surface area contributed by atoms with Crippen LogP contribution < -0.4 is 10.6 Å². The molecule has 5 nitrogen and oxygen atoms in total. The fraction of sp³-hybridized carbons (Fsp3) is 0.947. The number of carbonyl (C=O) groups is 1. The van der Waals surface area contributed by atoms with E-state index in [0.717, 1.165) is 52.1 Å². The van der Waals surface area contributed by atoms with E-state index in [2.05, 4.69) is 15.5 Å². The first-order chi connectivity index (χ1) is 11.8. The summed E-state index contributed by atoms with van der Waals surface area (Å²) >= 11 is 0. The van der Waals surface area contributed by atoms with Crippen molar-refractivity contribution in [3.63, 3.8) is 0 Å². The Kier molecular flexibility index (Phi) is 8.05. The number of ether oxygens (including phenoxy) is 1. The number of hydrogen-bond donors (Lipinski definition) is 2. The van der Waals surface area contributed by atoms with Crippen LogP contribution in [0.2, 0.25) is 0 Å². The lowest BCUT2D eigenvalue weighted by molar-refractivity contribution is -0.135. The van der Waals surface area contributed by atoms with Gasteiger partial charge in [0.1, 0.15) is 0 Å². The normalized spacial score (nSPS) is 33.6. The summed E-state index contributed by atoms with van der Waals surface area (Å²) in [4.78, 5) is 15.8. The van der Waals surface area contributed by atoms with Crippen molar-refractivity contribution in [2.24, 2.45) is 11.3 Å². The molecular weight excluding hydrogens is 373 g/mol. The van der Waals surface area contributed by atoms with Crippen molar-refractivity contribution in [1.82, 2.24) is 15.5 Å². The highest BCUT2D eigenvalue weighted by molar-refractivity contribution is 5.85. The van der Waals surface area contributed by atoms with Crippen molar-refractivity contribution in [2.45, 2.75) is 56.9 Å². The van der Waals surface area contributed by atoms with Gasteiger partial charge in [-0.15, -0.1) is 24.8 Å². The molecule has 2 N–H and O–H groups in total. The minimum Gasteiger partial charge on any atom is -0.381 e. The molecule has 4 rings (SSSR count). The van der Waals surface area contributed by atoms with Gasteiger partial charge in [0.25, 0.3) is 0 Å². The maximum Gasteiger partial charge on any atom is 0.227 e. The predicted molar refractivity (Wildman–Crippen MR) is 108 cm³/mol. The third-order valence-electron chi connectivity index (χ3n) is 7.27. The lowest BCUT2D eigenvalue weighted by atomic mass is 9.67. The predicted octanol–water partition coefficient (Wildman–Crippen LogP) is 2.37. The molecule has 4 aliphatic rings.